The number of imide groups is 1. The van der Waals surface area contributed by atoms with Gasteiger partial charge in [-0.3, -0.25) is 14.5 Å². The lowest BCUT2D eigenvalue weighted by atomic mass is 9.77. The van der Waals surface area contributed by atoms with Crippen molar-refractivity contribution in [2.45, 2.75) is 52.0 Å². The summed E-state index contributed by atoms with van der Waals surface area (Å²) in [5.74, 6) is 0.131. The lowest BCUT2D eigenvalue weighted by molar-refractivity contribution is -0.132. The summed E-state index contributed by atoms with van der Waals surface area (Å²) < 4.78 is 0. The first-order valence-electron chi connectivity index (χ1n) is 8.57. The zero-order valence-corrected chi connectivity index (χ0v) is 14.5. The molecule has 1 spiro atoms. The highest BCUT2D eigenvalue weighted by Crippen LogP contribution is 2.36. The molecule has 1 saturated carbocycles. The molecular formula is C19H24N2O3. The zero-order chi connectivity index (χ0) is 17.5. The summed E-state index contributed by atoms with van der Waals surface area (Å²) in [6.45, 7) is 5.90. The lowest BCUT2D eigenvalue weighted by Gasteiger charge is -2.33. The van der Waals surface area contributed by atoms with E-state index in [9.17, 15) is 14.4 Å². The number of benzene rings is 1. The Morgan fingerprint density at radius 3 is 2.50 bits per heavy atom. The summed E-state index contributed by atoms with van der Waals surface area (Å²) in [5, 5.41) is 2.85. The second-order valence-electron chi connectivity index (χ2n) is 7.31. The Kier molecular flexibility index (Phi) is 4.20. The Morgan fingerprint density at radius 1 is 1.21 bits per heavy atom. The maximum atomic E-state index is 12.8. The van der Waals surface area contributed by atoms with Crippen LogP contribution in [-0.4, -0.2) is 34.7 Å². The van der Waals surface area contributed by atoms with Crippen molar-refractivity contribution in [1.82, 2.24) is 10.2 Å². The van der Waals surface area contributed by atoms with Crippen LogP contribution in [0.2, 0.25) is 0 Å². The molecule has 1 N–H and O–H groups in total. The number of hydrogen-bond donors (Lipinski definition) is 1. The molecule has 3 amide bonds. The van der Waals surface area contributed by atoms with E-state index >= 15 is 0 Å². The van der Waals surface area contributed by atoms with E-state index in [1.165, 1.54) is 0 Å². The Hall–Kier alpha value is -2.17. The minimum atomic E-state index is -0.785. The summed E-state index contributed by atoms with van der Waals surface area (Å²) in [6.07, 6.45) is 3.16. The van der Waals surface area contributed by atoms with Crippen molar-refractivity contribution in [3.63, 3.8) is 0 Å². The van der Waals surface area contributed by atoms with Crippen LogP contribution in [0.5, 0.6) is 0 Å². The van der Waals surface area contributed by atoms with Crippen LogP contribution in [0, 0.1) is 19.8 Å². The van der Waals surface area contributed by atoms with Crippen LogP contribution in [0.15, 0.2) is 18.2 Å². The number of amides is 3. The topological polar surface area (TPSA) is 66.5 Å². The first kappa shape index (κ1) is 16.7. The van der Waals surface area contributed by atoms with E-state index in [4.69, 9.17) is 0 Å². The molecule has 2 aliphatic rings. The van der Waals surface area contributed by atoms with E-state index in [1.54, 1.807) is 6.07 Å². The van der Waals surface area contributed by atoms with Crippen molar-refractivity contribution in [2.75, 3.05) is 6.54 Å². The molecule has 2 fully saturated rings. The van der Waals surface area contributed by atoms with Gasteiger partial charge in [0.1, 0.15) is 5.54 Å². The van der Waals surface area contributed by atoms with Gasteiger partial charge >= 0.3 is 6.03 Å². The minimum Gasteiger partial charge on any atom is -0.323 e. The van der Waals surface area contributed by atoms with E-state index in [0.29, 0.717) is 24.3 Å². The van der Waals surface area contributed by atoms with Crippen LogP contribution >= 0.6 is 0 Å². The monoisotopic (exact) mass is 328 g/mol. The summed E-state index contributed by atoms with van der Waals surface area (Å²) >= 11 is 0. The third-order valence-electron chi connectivity index (χ3n) is 5.50. The molecular weight excluding hydrogens is 304 g/mol. The molecule has 1 heterocycles. The van der Waals surface area contributed by atoms with Crippen molar-refractivity contribution in [1.29, 1.82) is 0 Å². The molecule has 0 atom stereocenters. The first-order valence-corrected chi connectivity index (χ1v) is 8.57. The summed E-state index contributed by atoms with van der Waals surface area (Å²) in [6, 6.07) is 5.01. The molecule has 0 unspecified atom stereocenters. The lowest BCUT2D eigenvalue weighted by Crippen LogP contribution is -2.49. The van der Waals surface area contributed by atoms with E-state index in [0.717, 1.165) is 28.9 Å². The smallest absolute Gasteiger partial charge is 0.323 e. The fourth-order valence-electron chi connectivity index (χ4n) is 3.56. The van der Waals surface area contributed by atoms with Crippen LogP contribution in [0.4, 0.5) is 4.79 Å². The maximum absolute atomic E-state index is 12.8. The third-order valence-corrected chi connectivity index (χ3v) is 5.50. The minimum absolute atomic E-state index is 0.190. The van der Waals surface area contributed by atoms with E-state index in [-0.39, 0.29) is 18.2 Å². The molecule has 1 aliphatic carbocycles. The van der Waals surface area contributed by atoms with Crippen molar-refractivity contribution >= 4 is 17.7 Å². The molecule has 3 rings (SSSR count). The number of carbonyl (C=O) groups excluding carboxylic acids is 3. The summed E-state index contributed by atoms with van der Waals surface area (Å²) in [5.41, 5.74) is 1.89. The van der Waals surface area contributed by atoms with Gasteiger partial charge in [0.2, 0.25) is 0 Å². The van der Waals surface area contributed by atoms with Gasteiger partial charge in [0.25, 0.3) is 5.91 Å². The summed E-state index contributed by atoms with van der Waals surface area (Å²) in [4.78, 5) is 38.6. The molecule has 5 heteroatoms. The largest absolute Gasteiger partial charge is 0.325 e. The van der Waals surface area contributed by atoms with Crippen molar-refractivity contribution in [2.24, 2.45) is 5.92 Å². The van der Waals surface area contributed by atoms with E-state index < -0.39 is 11.6 Å². The Labute approximate surface area is 142 Å². The number of rotatable bonds is 3. The summed E-state index contributed by atoms with van der Waals surface area (Å²) in [7, 11) is 0. The van der Waals surface area contributed by atoms with Gasteiger partial charge in [-0.05, 0) is 62.6 Å². The number of nitrogens with one attached hydrogen (secondary N) is 1. The van der Waals surface area contributed by atoms with Crippen molar-refractivity contribution < 1.29 is 14.4 Å². The van der Waals surface area contributed by atoms with Gasteiger partial charge in [-0.1, -0.05) is 19.1 Å². The molecule has 0 aromatic heterocycles. The molecule has 24 heavy (non-hydrogen) atoms. The number of urea groups is 1. The van der Waals surface area contributed by atoms with Gasteiger partial charge in [0.05, 0.1) is 6.54 Å². The van der Waals surface area contributed by atoms with Crippen LogP contribution in [0.1, 0.15) is 54.1 Å². The molecule has 1 aromatic carbocycles. The van der Waals surface area contributed by atoms with Crippen LogP contribution in [0.3, 0.4) is 0 Å². The number of aryl methyl sites for hydroxylation is 2. The number of Topliss-reactive ketones (excluding diaryl/α,β-unsaturated/α-hetero) is 1. The zero-order valence-electron chi connectivity index (χ0n) is 14.5. The normalized spacial score (nSPS) is 26.8. The Morgan fingerprint density at radius 2 is 1.88 bits per heavy atom. The standard InChI is InChI=1S/C19H24N2O3/c1-12-6-8-19(9-7-12)17(23)21(18(24)20-19)11-16(22)15-5-4-13(2)14(3)10-15/h4-5,10,12H,6-9,11H2,1-3H3,(H,20,24). The molecule has 1 saturated heterocycles. The number of carbonyl (C=O) groups is 3. The number of ketones is 1. The highest BCUT2D eigenvalue weighted by Gasteiger charge is 2.52. The van der Waals surface area contributed by atoms with Gasteiger partial charge in [0.15, 0.2) is 5.78 Å². The molecule has 0 radical (unpaired) electrons. The highest BCUT2D eigenvalue weighted by molar-refractivity contribution is 6.11. The quantitative estimate of drug-likeness (QED) is 0.685. The molecule has 5 nitrogen and oxygen atoms in total. The van der Waals surface area contributed by atoms with E-state index in [2.05, 4.69) is 12.2 Å². The first-order chi connectivity index (χ1) is 11.3. The predicted molar refractivity (Wildman–Crippen MR) is 90.9 cm³/mol. The van der Waals surface area contributed by atoms with Crippen molar-refractivity contribution in [3.8, 4) is 0 Å². The predicted octanol–water partition coefficient (Wildman–Crippen LogP) is 2.99. The third kappa shape index (κ3) is 2.83. The van der Waals surface area contributed by atoms with Gasteiger partial charge < -0.3 is 5.32 Å². The SMILES string of the molecule is Cc1ccc(C(=O)CN2C(=O)NC3(CCC(C)CC3)C2=O)cc1C. The van der Waals surface area contributed by atoms with Gasteiger partial charge in [-0.15, -0.1) is 0 Å². The second-order valence-corrected chi connectivity index (χ2v) is 7.31. The van der Waals surface area contributed by atoms with Gasteiger partial charge in [0, 0.05) is 5.56 Å². The average molecular weight is 328 g/mol. The number of nitrogens with zero attached hydrogens (tertiary/aromatic N) is 1. The Balaban J connectivity index is 1.75. The van der Waals surface area contributed by atoms with Crippen LogP contribution in [-0.2, 0) is 4.79 Å². The Bertz CT molecular complexity index is 703. The molecule has 0 bridgehead atoms. The van der Waals surface area contributed by atoms with Gasteiger partial charge in [-0.2, -0.15) is 0 Å². The van der Waals surface area contributed by atoms with Crippen LogP contribution < -0.4 is 5.32 Å². The molecule has 128 valence electrons. The fourth-order valence-corrected chi connectivity index (χ4v) is 3.56. The molecule has 1 aliphatic heterocycles. The number of hydrogen-bond acceptors (Lipinski definition) is 3. The second kappa shape index (κ2) is 6.04. The molecule has 1 aromatic rings. The average Bonchev–Trinajstić information content (AvgIpc) is 2.77. The van der Waals surface area contributed by atoms with Crippen molar-refractivity contribution in [3.05, 3.63) is 34.9 Å². The fraction of sp³-hybridized carbons (Fsp3) is 0.526. The highest BCUT2D eigenvalue weighted by atomic mass is 16.2. The maximum Gasteiger partial charge on any atom is 0.325 e. The van der Waals surface area contributed by atoms with Gasteiger partial charge in [-0.25, -0.2) is 4.79 Å². The van der Waals surface area contributed by atoms with Crippen LogP contribution in [0.25, 0.3) is 0 Å². The van der Waals surface area contributed by atoms with E-state index in [1.807, 2.05) is 26.0 Å².